The highest BCUT2D eigenvalue weighted by molar-refractivity contribution is 5.93. The predicted molar refractivity (Wildman–Crippen MR) is 95.7 cm³/mol. The van der Waals surface area contributed by atoms with Crippen LogP contribution >= 0.6 is 0 Å². The number of amides is 1. The highest BCUT2D eigenvalue weighted by Gasteiger charge is 2.09. The molecule has 0 radical (unpaired) electrons. The summed E-state index contributed by atoms with van der Waals surface area (Å²) in [4.78, 5) is 22.2. The maximum absolute atomic E-state index is 12.1. The molecule has 0 aliphatic heterocycles. The van der Waals surface area contributed by atoms with Crippen molar-refractivity contribution in [1.29, 1.82) is 0 Å². The van der Waals surface area contributed by atoms with E-state index in [-0.39, 0.29) is 18.2 Å². The van der Waals surface area contributed by atoms with Crippen molar-refractivity contribution in [2.24, 2.45) is 0 Å². The van der Waals surface area contributed by atoms with Crippen LogP contribution in [0.3, 0.4) is 0 Å². The van der Waals surface area contributed by atoms with Crippen molar-refractivity contribution in [2.45, 2.75) is 6.92 Å². The average molecular weight is 360 g/mol. The largest absolute Gasteiger partial charge is 0.489 e. The number of nitrogens with one attached hydrogen (secondary N) is 1. The van der Waals surface area contributed by atoms with E-state index in [9.17, 15) is 14.9 Å². The van der Waals surface area contributed by atoms with Gasteiger partial charge in [0.05, 0.1) is 17.2 Å². The summed E-state index contributed by atoms with van der Waals surface area (Å²) in [5.74, 6) is 0.534. The van der Waals surface area contributed by atoms with Gasteiger partial charge in [0, 0.05) is 18.7 Å². The number of anilines is 1. The Balaban J connectivity index is 1.86. The van der Waals surface area contributed by atoms with Crippen LogP contribution in [0.5, 0.6) is 11.5 Å². The van der Waals surface area contributed by atoms with Crippen LogP contribution in [0.4, 0.5) is 11.4 Å². The lowest BCUT2D eigenvalue weighted by molar-refractivity contribution is -0.384. The summed E-state index contributed by atoms with van der Waals surface area (Å²) in [7, 11) is 0. The van der Waals surface area contributed by atoms with Gasteiger partial charge >= 0.3 is 0 Å². The van der Waals surface area contributed by atoms with E-state index >= 15 is 0 Å². The molecule has 26 heavy (non-hydrogen) atoms. The Hall–Kier alpha value is -3.13. The number of nitrogens with zero attached hydrogens (tertiary/aromatic N) is 1. The van der Waals surface area contributed by atoms with E-state index in [1.165, 1.54) is 24.3 Å². The molecule has 0 unspecified atom stereocenters. The molecular weight excluding hydrogens is 340 g/mol. The number of rotatable bonds is 10. The molecule has 1 N–H and O–H groups in total. The van der Waals surface area contributed by atoms with E-state index in [1.807, 2.05) is 6.92 Å². The molecule has 0 aliphatic rings. The number of nitro groups is 1. The van der Waals surface area contributed by atoms with E-state index < -0.39 is 4.92 Å². The lowest BCUT2D eigenvalue weighted by Gasteiger charge is -2.13. The Morgan fingerprint density at radius 3 is 2.50 bits per heavy atom. The van der Waals surface area contributed by atoms with E-state index in [1.54, 1.807) is 24.3 Å². The zero-order valence-corrected chi connectivity index (χ0v) is 14.3. The van der Waals surface area contributed by atoms with Crippen LogP contribution in [-0.2, 0) is 9.53 Å². The van der Waals surface area contributed by atoms with Crippen LogP contribution < -0.4 is 14.8 Å². The van der Waals surface area contributed by atoms with Crippen molar-refractivity contribution in [3.8, 4) is 11.5 Å². The summed E-state index contributed by atoms with van der Waals surface area (Å²) in [5, 5.41) is 13.3. The summed E-state index contributed by atoms with van der Waals surface area (Å²) in [5.41, 5.74) is 0.487. The number of para-hydroxylation sites is 2. The van der Waals surface area contributed by atoms with E-state index in [0.29, 0.717) is 37.0 Å². The topological polar surface area (TPSA) is 99.9 Å². The fourth-order valence-corrected chi connectivity index (χ4v) is 2.05. The summed E-state index contributed by atoms with van der Waals surface area (Å²) >= 11 is 0. The number of hydrogen-bond acceptors (Lipinski definition) is 6. The fourth-order valence-electron chi connectivity index (χ4n) is 2.05. The van der Waals surface area contributed by atoms with Gasteiger partial charge in [-0.3, -0.25) is 14.9 Å². The molecular formula is C18H20N2O6. The van der Waals surface area contributed by atoms with Crippen molar-refractivity contribution < 1.29 is 23.9 Å². The monoisotopic (exact) mass is 360 g/mol. The Labute approximate surface area is 150 Å². The van der Waals surface area contributed by atoms with Crippen LogP contribution in [0.25, 0.3) is 0 Å². The molecule has 1 amide bonds. The van der Waals surface area contributed by atoms with Gasteiger partial charge in [0.15, 0.2) is 6.61 Å². The van der Waals surface area contributed by atoms with Crippen LogP contribution in [0.1, 0.15) is 6.92 Å². The predicted octanol–water partition coefficient (Wildman–Crippen LogP) is 3.03. The van der Waals surface area contributed by atoms with E-state index in [2.05, 4.69) is 5.32 Å². The first-order chi connectivity index (χ1) is 12.6. The lowest BCUT2D eigenvalue weighted by atomic mass is 10.3. The maximum atomic E-state index is 12.1. The molecule has 0 atom stereocenters. The third-order valence-electron chi connectivity index (χ3n) is 3.27. The number of carbonyl (C=O) groups is 1. The molecule has 138 valence electrons. The Kier molecular flexibility index (Phi) is 7.38. The van der Waals surface area contributed by atoms with Gasteiger partial charge in [-0.05, 0) is 31.2 Å². The van der Waals surface area contributed by atoms with Gasteiger partial charge in [0.2, 0.25) is 0 Å². The maximum Gasteiger partial charge on any atom is 0.269 e. The first-order valence-corrected chi connectivity index (χ1v) is 8.07. The third kappa shape index (κ3) is 6.06. The third-order valence-corrected chi connectivity index (χ3v) is 3.27. The number of nitro benzene ring substituents is 1. The minimum absolute atomic E-state index is 0.0417. The van der Waals surface area contributed by atoms with Crippen LogP contribution in [-0.4, -0.2) is 37.3 Å². The summed E-state index contributed by atoms with van der Waals surface area (Å²) in [6, 6.07) is 12.6. The molecule has 2 aromatic carbocycles. The molecule has 0 heterocycles. The van der Waals surface area contributed by atoms with Crippen molar-refractivity contribution >= 4 is 17.3 Å². The second-order valence-electron chi connectivity index (χ2n) is 5.13. The second kappa shape index (κ2) is 10.00. The van der Waals surface area contributed by atoms with E-state index in [4.69, 9.17) is 14.2 Å². The smallest absolute Gasteiger partial charge is 0.269 e. The minimum atomic E-state index is -0.501. The Bertz CT molecular complexity index is 733. The molecule has 0 aliphatic carbocycles. The molecule has 8 nitrogen and oxygen atoms in total. The zero-order valence-electron chi connectivity index (χ0n) is 14.3. The number of hydrogen-bond donors (Lipinski definition) is 1. The van der Waals surface area contributed by atoms with E-state index in [0.717, 1.165) is 0 Å². The van der Waals surface area contributed by atoms with Gasteiger partial charge in [0.1, 0.15) is 18.1 Å². The lowest BCUT2D eigenvalue weighted by Crippen LogP contribution is -2.20. The van der Waals surface area contributed by atoms with Crippen molar-refractivity contribution in [2.75, 3.05) is 31.7 Å². The molecule has 0 bridgehead atoms. The minimum Gasteiger partial charge on any atom is -0.489 e. The van der Waals surface area contributed by atoms with Crippen molar-refractivity contribution in [3.63, 3.8) is 0 Å². The number of benzene rings is 2. The van der Waals surface area contributed by atoms with Crippen LogP contribution in [0, 0.1) is 10.1 Å². The molecule has 0 saturated carbocycles. The van der Waals surface area contributed by atoms with Crippen molar-refractivity contribution in [1.82, 2.24) is 0 Å². The fraction of sp³-hybridized carbons (Fsp3) is 0.278. The SMILES string of the molecule is CCOCCOc1ccccc1NC(=O)COc1ccc([N+](=O)[O-])cc1. The Morgan fingerprint density at radius 2 is 1.81 bits per heavy atom. The molecule has 0 fully saturated rings. The number of non-ortho nitro benzene ring substituents is 1. The number of ether oxygens (including phenoxy) is 3. The first kappa shape index (κ1) is 19.2. The molecule has 0 spiro atoms. The summed E-state index contributed by atoms with van der Waals surface area (Å²) in [6.07, 6.45) is 0. The Morgan fingerprint density at radius 1 is 1.08 bits per heavy atom. The normalized spacial score (nSPS) is 10.2. The highest BCUT2D eigenvalue weighted by Crippen LogP contribution is 2.23. The van der Waals surface area contributed by atoms with Gasteiger partial charge < -0.3 is 19.5 Å². The van der Waals surface area contributed by atoms with Gasteiger partial charge in [-0.2, -0.15) is 0 Å². The molecule has 2 rings (SSSR count). The standard InChI is InChI=1S/C18H20N2O6/c1-2-24-11-12-25-17-6-4-3-5-16(17)19-18(21)13-26-15-9-7-14(8-10-15)20(22)23/h3-10H,2,11-13H2,1H3,(H,19,21). The van der Waals surface area contributed by atoms with Gasteiger partial charge in [-0.1, -0.05) is 12.1 Å². The van der Waals surface area contributed by atoms with Crippen LogP contribution in [0.15, 0.2) is 48.5 Å². The first-order valence-electron chi connectivity index (χ1n) is 8.07. The molecule has 0 saturated heterocycles. The average Bonchev–Trinajstić information content (AvgIpc) is 2.65. The highest BCUT2D eigenvalue weighted by atomic mass is 16.6. The molecule has 0 aromatic heterocycles. The van der Waals surface area contributed by atoms with Gasteiger partial charge in [-0.25, -0.2) is 0 Å². The van der Waals surface area contributed by atoms with Gasteiger partial charge in [0.25, 0.3) is 11.6 Å². The van der Waals surface area contributed by atoms with Crippen molar-refractivity contribution in [3.05, 3.63) is 58.6 Å². The summed E-state index contributed by atoms with van der Waals surface area (Å²) < 4.78 is 16.1. The quantitative estimate of drug-likeness (QED) is 0.397. The molecule has 2 aromatic rings. The number of carbonyl (C=O) groups excluding carboxylic acids is 1. The van der Waals surface area contributed by atoms with Crippen LogP contribution in [0.2, 0.25) is 0 Å². The second-order valence-corrected chi connectivity index (χ2v) is 5.13. The van der Waals surface area contributed by atoms with Gasteiger partial charge in [-0.15, -0.1) is 0 Å². The summed E-state index contributed by atoms with van der Waals surface area (Å²) in [6.45, 7) is 3.12. The zero-order chi connectivity index (χ0) is 18.8. The molecule has 8 heteroatoms.